The van der Waals surface area contributed by atoms with E-state index in [1.54, 1.807) is 0 Å². The summed E-state index contributed by atoms with van der Waals surface area (Å²) in [5, 5.41) is 5.47. The molecule has 0 bridgehead atoms. The first-order valence-corrected chi connectivity index (χ1v) is 9.62. The predicted molar refractivity (Wildman–Crippen MR) is 116 cm³/mol. The lowest BCUT2D eigenvalue weighted by molar-refractivity contribution is -0.115. The first-order chi connectivity index (χ1) is 13.9. The Morgan fingerprint density at radius 2 is 1.10 bits per heavy atom. The summed E-state index contributed by atoms with van der Waals surface area (Å²) in [4.78, 5) is 35.1. The highest BCUT2D eigenvalue weighted by Crippen LogP contribution is 2.28. The van der Waals surface area contributed by atoms with Crippen molar-refractivity contribution in [2.24, 2.45) is 0 Å². The second kappa shape index (κ2) is 9.15. The molecule has 0 saturated heterocycles. The molecule has 1 aliphatic rings. The quantitative estimate of drug-likeness (QED) is 0.737. The molecule has 1 aliphatic carbocycles. The standard InChI is InChI=1S/C24H24N2O3/c1-16(27)25-22-10-6-18(7-11-22)14-20-4-3-5-21(24(20)29)15-19-8-12-23(13-9-19)26-17(2)28/h6-15H,3-5H2,1-2H3,(H,25,27)(H,26,28)/b20-14-,21-15+. The van der Waals surface area contributed by atoms with E-state index in [1.807, 2.05) is 60.7 Å². The van der Waals surface area contributed by atoms with Gasteiger partial charge in [0.05, 0.1) is 0 Å². The molecule has 3 rings (SSSR count). The van der Waals surface area contributed by atoms with Gasteiger partial charge in [0.25, 0.3) is 0 Å². The highest BCUT2D eigenvalue weighted by molar-refractivity contribution is 6.14. The van der Waals surface area contributed by atoms with Crippen molar-refractivity contribution in [1.82, 2.24) is 0 Å². The van der Waals surface area contributed by atoms with Crippen LogP contribution in [0.2, 0.25) is 0 Å². The van der Waals surface area contributed by atoms with Crippen LogP contribution in [0.15, 0.2) is 59.7 Å². The van der Waals surface area contributed by atoms with E-state index in [9.17, 15) is 14.4 Å². The van der Waals surface area contributed by atoms with E-state index in [4.69, 9.17) is 0 Å². The molecule has 1 saturated carbocycles. The van der Waals surface area contributed by atoms with E-state index in [0.717, 1.165) is 52.9 Å². The van der Waals surface area contributed by atoms with Gasteiger partial charge in [-0.25, -0.2) is 0 Å². The number of hydrogen-bond acceptors (Lipinski definition) is 3. The van der Waals surface area contributed by atoms with Gasteiger partial charge in [0.15, 0.2) is 5.78 Å². The van der Waals surface area contributed by atoms with E-state index >= 15 is 0 Å². The van der Waals surface area contributed by atoms with Gasteiger partial charge in [-0.1, -0.05) is 24.3 Å². The van der Waals surface area contributed by atoms with E-state index in [2.05, 4.69) is 10.6 Å². The molecule has 2 N–H and O–H groups in total. The number of Topliss-reactive ketones (excluding diaryl/α,β-unsaturated/α-hetero) is 1. The maximum atomic E-state index is 12.9. The summed E-state index contributed by atoms with van der Waals surface area (Å²) in [6.07, 6.45) is 6.28. The molecule has 5 heteroatoms. The molecular formula is C24H24N2O3. The summed E-state index contributed by atoms with van der Waals surface area (Å²) < 4.78 is 0. The maximum absolute atomic E-state index is 12.9. The maximum Gasteiger partial charge on any atom is 0.221 e. The van der Waals surface area contributed by atoms with Crippen molar-refractivity contribution in [2.75, 3.05) is 10.6 Å². The van der Waals surface area contributed by atoms with E-state index in [1.165, 1.54) is 13.8 Å². The highest BCUT2D eigenvalue weighted by Gasteiger charge is 2.20. The van der Waals surface area contributed by atoms with Crippen LogP contribution in [0.4, 0.5) is 11.4 Å². The number of amides is 2. The number of nitrogens with one attached hydrogen (secondary N) is 2. The Kier molecular flexibility index (Phi) is 6.39. The number of rotatable bonds is 4. The van der Waals surface area contributed by atoms with Crippen LogP contribution in [-0.2, 0) is 14.4 Å². The van der Waals surface area contributed by atoms with Gasteiger partial charge in [0.1, 0.15) is 0 Å². The minimum Gasteiger partial charge on any atom is -0.326 e. The molecule has 5 nitrogen and oxygen atoms in total. The molecular weight excluding hydrogens is 364 g/mol. The first-order valence-electron chi connectivity index (χ1n) is 9.62. The van der Waals surface area contributed by atoms with Crippen LogP contribution in [0, 0.1) is 0 Å². The number of ketones is 1. The van der Waals surface area contributed by atoms with Gasteiger partial charge < -0.3 is 10.6 Å². The molecule has 0 heterocycles. The highest BCUT2D eigenvalue weighted by atomic mass is 16.2. The fraction of sp³-hybridized carbons (Fsp3) is 0.208. The summed E-state index contributed by atoms with van der Waals surface area (Å²) >= 11 is 0. The normalized spacial score (nSPS) is 16.7. The Morgan fingerprint density at radius 3 is 1.45 bits per heavy atom. The van der Waals surface area contributed by atoms with Crippen LogP contribution < -0.4 is 10.6 Å². The van der Waals surface area contributed by atoms with Gasteiger partial charge >= 0.3 is 0 Å². The van der Waals surface area contributed by atoms with Crippen LogP contribution >= 0.6 is 0 Å². The molecule has 148 valence electrons. The Labute approximate surface area is 170 Å². The van der Waals surface area contributed by atoms with Crippen molar-refractivity contribution in [1.29, 1.82) is 0 Å². The van der Waals surface area contributed by atoms with E-state index < -0.39 is 0 Å². The zero-order valence-electron chi connectivity index (χ0n) is 16.6. The Balaban J connectivity index is 1.75. The number of anilines is 2. The third kappa shape index (κ3) is 5.75. The molecule has 0 aromatic heterocycles. The predicted octanol–water partition coefficient (Wildman–Crippen LogP) is 4.82. The fourth-order valence-corrected chi connectivity index (χ4v) is 3.31. The zero-order valence-corrected chi connectivity index (χ0v) is 16.6. The number of carbonyl (C=O) groups excluding carboxylic acids is 3. The minimum absolute atomic E-state index is 0.0770. The van der Waals surface area contributed by atoms with Crippen LogP contribution in [0.3, 0.4) is 0 Å². The van der Waals surface area contributed by atoms with Crippen LogP contribution in [-0.4, -0.2) is 17.6 Å². The summed E-state index contributed by atoms with van der Waals surface area (Å²) in [7, 11) is 0. The van der Waals surface area contributed by atoms with Gasteiger partial charge in [-0.2, -0.15) is 0 Å². The van der Waals surface area contributed by atoms with Crippen molar-refractivity contribution in [2.45, 2.75) is 33.1 Å². The minimum atomic E-state index is -0.113. The molecule has 0 unspecified atom stereocenters. The lowest BCUT2D eigenvalue weighted by atomic mass is 9.87. The van der Waals surface area contributed by atoms with Gasteiger partial charge in [-0.15, -0.1) is 0 Å². The monoisotopic (exact) mass is 388 g/mol. The average Bonchev–Trinajstić information content (AvgIpc) is 2.67. The Bertz CT molecular complexity index is 904. The third-order valence-electron chi connectivity index (χ3n) is 4.62. The number of allylic oxidation sites excluding steroid dienone is 2. The smallest absolute Gasteiger partial charge is 0.221 e. The van der Waals surface area contributed by atoms with Crippen LogP contribution in [0.1, 0.15) is 44.2 Å². The van der Waals surface area contributed by atoms with Crippen molar-refractivity contribution in [3.05, 3.63) is 70.8 Å². The first kappa shape index (κ1) is 20.3. The molecule has 0 radical (unpaired) electrons. The molecule has 0 atom stereocenters. The summed E-state index contributed by atoms with van der Waals surface area (Å²) in [6, 6.07) is 14.9. The Hall–Kier alpha value is -3.47. The number of carbonyl (C=O) groups is 3. The summed E-state index contributed by atoms with van der Waals surface area (Å²) in [6.45, 7) is 2.94. The van der Waals surface area contributed by atoms with Crippen molar-refractivity contribution >= 4 is 41.1 Å². The SMILES string of the molecule is CC(=O)Nc1ccc(/C=C2/CCC/C(=C\c3ccc(NC(C)=O)cc3)C2=O)cc1. The van der Waals surface area contributed by atoms with Crippen molar-refractivity contribution < 1.29 is 14.4 Å². The van der Waals surface area contributed by atoms with Crippen molar-refractivity contribution in [3.63, 3.8) is 0 Å². The van der Waals surface area contributed by atoms with Crippen LogP contribution in [0.5, 0.6) is 0 Å². The lowest BCUT2D eigenvalue weighted by Gasteiger charge is -2.17. The zero-order chi connectivity index (χ0) is 20.8. The van der Waals surface area contributed by atoms with Crippen molar-refractivity contribution in [3.8, 4) is 0 Å². The largest absolute Gasteiger partial charge is 0.326 e. The molecule has 0 spiro atoms. The topological polar surface area (TPSA) is 75.3 Å². The summed E-state index contributed by atoms with van der Waals surface area (Å²) in [5.41, 5.74) is 4.93. The number of benzene rings is 2. The van der Waals surface area contributed by atoms with E-state index in [0.29, 0.717) is 0 Å². The fourth-order valence-electron chi connectivity index (χ4n) is 3.31. The molecule has 0 aliphatic heterocycles. The third-order valence-corrected chi connectivity index (χ3v) is 4.62. The summed E-state index contributed by atoms with van der Waals surface area (Å²) in [5.74, 6) is -0.148. The molecule has 1 fully saturated rings. The van der Waals surface area contributed by atoms with Gasteiger partial charge in [0.2, 0.25) is 11.8 Å². The second-order valence-corrected chi connectivity index (χ2v) is 7.13. The lowest BCUT2D eigenvalue weighted by Crippen LogP contribution is -2.12. The Morgan fingerprint density at radius 1 is 0.724 bits per heavy atom. The van der Waals surface area contributed by atoms with Gasteiger partial charge in [-0.05, 0) is 66.8 Å². The second-order valence-electron chi connectivity index (χ2n) is 7.13. The number of hydrogen-bond donors (Lipinski definition) is 2. The van der Waals surface area contributed by atoms with E-state index in [-0.39, 0.29) is 17.6 Å². The van der Waals surface area contributed by atoms with Crippen LogP contribution in [0.25, 0.3) is 12.2 Å². The molecule has 29 heavy (non-hydrogen) atoms. The molecule has 2 aromatic rings. The average molecular weight is 388 g/mol. The van der Waals surface area contributed by atoms with Gasteiger partial charge in [-0.3, -0.25) is 14.4 Å². The van der Waals surface area contributed by atoms with Gasteiger partial charge in [0, 0.05) is 36.4 Å². The molecule has 2 amide bonds. The molecule has 2 aromatic carbocycles.